The molecular weight excluding hydrogens is 727 g/mol. The van der Waals surface area contributed by atoms with Crippen molar-refractivity contribution in [3.8, 4) is 56.4 Å². The second kappa shape index (κ2) is 13.0. The molecule has 0 unspecified atom stereocenters. The maximum atomic E-state index is 5.31. The van der Waals surface area contributed by atoms with Gasteiger partial charge in [0.15, 0.2) is 17.5 Å². The average Bonchev–Trinajstić information content (AvgIpc) is 3.61. The molecule has 0 amide bonds. The van der Waals surface area contributed by atoms with Crippen molar-refractivity contribution in [1.29, 1.82) is 0 Å². The van der Waals surface area contributed by atoms with Gasteiger partial charge in [-0.15, -0.1) is 0 Å². The Labute approximate surface area is 349 Å². The van der Waals surface area contributed by atoms with Crippen molar-refractivity contribution < 1.29 is 0 Å². The molecule has 2 aliphatic rings. The second-order valence-corrected chi connectivity index (χ2v) is 16.8. The van der Waals surface area contributed by atoms with E-state index in [9.17, 15) is 0 Å². The molecule has 60 heavy (non-hydrogen) atoms. The van der Waals surface area contributed by atoms with E-state index in [1.54, 1.807) is 0 Å². The minimum absolute atomic E-state index is 0.197. The molecule has 1 heterocycles. The van der Waals surface area contributed by atoms with E-state index in [4.69, 9.17) is 15.0 Å². The number of benzene rings is 9. The van der Waals surface area contributed by atoms with Crippen LogP contribution in [0.3, 0.4) is 0 Å². The van der Waals surface area contributed by atoms with Gasteiger partial charge in [0.25, 0.3) is 0 Å². The molecule has 1 spiro atoms. The summed E-state index contributed by atoms with van der Waals surface area (Å²) in [5, 5.41) is 4.97. The highest BCUT2D eigenvalue weighted by Gasteiger charge is 2.53. The minimum Gasteiger partial charge on any atom is -0.208 e. The van der Waals surface area contributed by atoms with Crippen LogP contribution < -0.4 is 0 Å². The first-order valence-electron chi connectivity index (χ1n) is 20.8. The fourth-order valence-electron chi connectivity index (χ4n) is 10.4. The predicted molar refractivity (Wildman–Crippen MR) is 246 cm³/mol. The topological polar surface area (TPSA) is 38.7 Å². The van der Waals surface area contributed by atoms with Gasteiger partial charge >= 0.3 is 0 Å². The van der Waals surface area contributed by atoms with Gasteiger partial charge < -0.3 is 0 Å². The van der Waals surface area contributed by atoms with Gasteiger partial charge in [-0.25, -0.2) is 15.0 Å². The normalized spacial score (nSPS) is 14.1. The van der Waals surface area contributed by atoms with Crippen LogP contribution in [0.1, 0.15) is 47.2 Å². The Morgan fingerprint density at radius 3 is 1.42 bits per heavy atom. The molecule has 10 aromatic rings. The van der Waals surface area contributed by atoms with E-state index in [-0.39, 0.29) is 5.41 Å². The van der Waals surface area contributed by atoms with E-state index in [0.29, 0.717) is 17.5 Å². The zero-order valence-corrected chi connectivity index (χ0v) is 33.4. The van der Waals surface area contributed by atoms with Crippen molar-refractivity contribution in [2.45, 2.75) is 24.7 Å². The van der Waals surface area contributed by atoms with Crippen LogP contribution in [-0.2, 0) is 10.8 Å². The van der Waals surface area contributed by atoms with Crippen molar-refractivity contribution in [3.63, 3.8) is 0 Å². The van der Waals surface area contributed by atoms with E-state index >= 15 is 0 Å². The minimum atomic E-state index is -0.568. The summed E-state index contributed by atoms with van der Waals surface area (Å²) in [6, 6.07) is 72.8. The van der Waals surface area contributed by atoms with Gasteiger partial charge in [-0.3, -0.25) is 0 Å². The molecule has 1 aromatic heterocycles. The Morgan fingerprint density at radius 2 is 0.783 bits per heavy atom. The van der Waals surface area contributed by atoms with Crippen LogP contribution in [0, 0.1) is 0 Å². The first kappa shape index (κ1) is 34.5. The fraction of sp³-hybridized carbons (Fsp3) is 0.0702. The van der Waals surface area contributed by atoms with Gasteiger partial charge in [0.05, 0.1) is 5.41 Å². The maximum absolute atomic E-state index is 5.31. The summed E-state index contributed by atoms with van der Waals surface area (Å²) in [6.45, 7) is 4.75. The van der Waals surface area contributed by atoms with Gasteiger partial charge in [0.2, 0.25) is 0 Å². The molecule has 0 radical (unpaired) electrons. The molecule has 282 valence electrons. The monoisotopic (exact) mass is 765 g/mol. The summed E-state index contributed by atoms with van der Waals surface area (Å²) in [7, 11) is 0. The van der Waals surface area contributed by atoms with Crippen molar-refractivity contribution in [2.24, 2.45) is 0 Å². The van der Waals surface area contributed by atoms with E-state index in [2.05, 4.69) is 178 Å². The average molecular weight is 766 g/mol. The number of hydrogen-bond donors (Lipinski definition) is 0. The third-order valence-corrected chi connectivity index (χ3v) is 13.1. The molecule has 12 rings (SSSR count). The third-order valence-electron chi connectivity index (χ3n) is 13.1. The van der Waals surface area contributed by atoms with Crippen LogP contribution >= 0.6 is 0 Å². The lowest BCUT2D eigenvalue weighted by Gasteiger charge is -2.46. The number of nitrogens with zero attached hydrogens (tertiary/aromatic N) is 3. The number of rotatable bonds is 4. The van der Waals surface area contributed by atoms with Crippen molar-refractivity contribution in [3.05, 3.63) is 234 Å². The van der Waals surface area contributed by atoms with Crippen molar-refractivity contribution in [2.75, 3.05) is 0 Å². The smallest absolute Gasteiger partial charge is 0.164 e. The van der Waals surface area contributed by atoms with Crippen LogP contribution in [-0.4, -0.2) is 15.0 Å². The highest BCUT2D eigenvalue weighted by atomic mass is 15.0. The molecule has 0 saturated carbocycles. The molecule has 0 aliphatic heterocycles. The quantitative estimate of drug-likeness (QED) is 0.168. The molecule has 0 saturated heterocycles. The fourth-order valence-corrected chi connectivity index (χ4v) is 10.4. The van der Waals surface area contributed by atoms with Crippen LogP contribution in [0.15, 0.2) is 200 Å². The van der Waals surface area contributed by atoms with Crippen molar-refractivity contribution >= 4 is 21.5 Å². The van der Waals surface area contributed by atoms with Gasteiger partial charge in [-0.2, -0.15) is 0 Å². The lowest BCUT2D eigenvalue weighted by Crippen LogP contribution is -2.40. The number of fused-ring (bicyclic) bond motifs is 11. The van der Waals surface area contributed by atoms with E-state index in [1.165, 1.54) is 71.6 Å². The van der Waals surface area contributed by atoms with Gasteiger partial charge in [-0.1, -0.05) is 190 Å². The van der Waals surface area contributed by atoms with E-state index < -0.39 is 5.41 Å². The Morgan fingerprint density at radius 1 is 0.300 bits per heavy atom. The van der Waals surface area contributed by atoms with Gasteiger partial charge in [0, 0.05) is 22.1 Å². The maximum Gasteiger partial charge on any atom is 0.164 e. The molecule has 2 aliphatic carbocycles. The summed E-state index contributed by atoms with van der Waals surface area (Å²) in [5.74, 6) is 1.96. The van der Waals surface area contributed by atoms with Crippen LogP contribution in [0.25, 0.3) is 78.0 Å². The van der Waals surface area contributed by atoms with Gasteiger partial charge in [0.1, 0.15) is 0 Å². The molecule has 0 bridgehead atoms. The zero-order chi connectivity index (χ0) is 40.0. The van der Waals surface area contributed by atoms with E-state index in [0.717, 1.165) is 22.3 Å². The molecule has 9 aromatic carbocycles. The lowest BCUT2D eigenvalue weighted by atomic mass is 9.55. The Kier molecular flexibility index (Phi) is 7.49. The van der Waals surface area contributed by atoms with E-state index in [1.807, 2.05) is 36.4 Å². The summed E-state index contributed by atoms with van der Waals surface area (Å²) in [4.78, 5) is 15.7. The Balaban J connectivity index is 1.16. The van der Waals surface area contributed by atoms with Crippen LogP contribution in [0.4, 0.5) is 0 Å². The summed E-state index contributed by atoms with van der Waals surface area (Å²) in [6.07, 6.45) is 0. The molecule has 0 atom stereocenters. The van der Waals surface area contributed by atoms with Crippen molar-refractivity contribution in [1.82, 2.24) is 15.0 Å². The highest BCUT2D eigenvalue weighted by molar-refractivity contribution is 6.01. The Bertz CT molecular complexity index is 3240. The third kappa shape index (κ3) is 4.99. The van der Waals surface area contributed by atoms with Crippen LogP contribution in [0.5, 0.6) is 0 Å². The Hall–Kier alpha value is -7.49. The largest absolute Gasteiger partial charge is 0.208 e. The molecule has 3 heteroatoms. The second-order valence-electron chi connectivity index (χ2n) is 16.8. The predicted octanol–water partition coefficient (Wildman–Crippen LogP) is 13.8. The number of aromatic nitrogens is 3. The standard InChI is InChI=1S/C57H39N3/c1-56(2)47-23-11-13-25-49(47)57(50-26-14-12-24-48(50)56)46-31-30-42(40-28-29-41-32-38-20-9-10-21-39(38)33-43(41)34-40)35-45(46)52-44(22-15-27-51(52)57)55-59-53(36-16-5-3-6-17-36)58-54(60-55)37-18-7-4-8-19-37/h3-35H,1-2H3. The summed E-state index contributed by atoms with van der Waals surface area (Å²) in [5.41, 5.74) is 14.7. The molecular formula is C57H39N3. The summed E-state index contributed by atoms with van der Waals surface area (Å²) >= 11 is 0. The molecule has 0 N–H and O–H groups in total. The highest BCUT2D eigenvalue weighted by Crippen LogP contribution is 2.63. The van der Waals surface area contributed by atoms with Gasteiger partial charge in [-0.05, 0) is 101 Å². The first-order valence-corrected chi connectivity index (χ1v) is 20.8. The zero-order valence-electron chi connectivity index (χ0n) is 33.4. The van der Waals surface area contributed by atoms with Crippen LogP contribution in [0.2, 0.25) is 0 Å². The summed E-state index contributed by atoms with van der Waals surface area (Å²) < 4.78 is 0. The number of hydrogen-bond acceptors (Lipinski definition) is 3. The molecule has 0 fully saturated rings. The first-order chi connectivity index (χ1) is 29.5. The molecule has 3 nitrogen and oxygen atoms in total. The lowest BCUT2D eigenvalue weighted by molar-refractivity contribution is 0.563. The SMILES string of the molecule is CC1(C)c2ccccc2C2(c3ccc(-c4ccc5cc6ccccc6cc5c4)cc3-c3c(-c4nc(-c5ccccc5)nc(-c5ccccc5)n4)cccc32)c2ccccc21.